The topological polar surface area (TPSA) is 35.2 Å². The summed E-state index contributed by atoms with van der Waals surface area (Å²) in [7, 11) is 0. The highest BCUT2D eigenvalue weighted by Gasteiger charge is 2.16. The Morgan fingerprint density at radius 3 is 2.80 bits per heavy atom. The van der Waals surface area contributed by atoms with E-state index < -0.39 is 0 Å². The number of rotatable bonds is 4. The molecule has 0 atom stereocenters. The highest BCUT2D eigenvalue weighted by molar-refractivity contribution is 5.53. The molecule has 0 aliphatic heterocycles. The molecule has 0 amide bonds. The molecule has 0 aromatic heterocycles. The Kier molecular flexibility index (Phi) is 3.14. The van der Waals surface area contributed by atoms with Crippen molar-refractivity contribution in [3.8, 4) is 5.75 Å². The lowest BCUT2D eigenvalue weighted by Gasteiger charge is -2.25. The maximum absolute atomic E-state index is 5.86. The number of anilines is 1. The minimum atomic E-state index is 0.753. The summed E-state index contributed by atoms with van der Waals surface area (Å²) >= 11 is 0. The summed E-state index contributed by atoms with van der Waals surface area (Å²) in [5, 5.41) is 0. The number of nitrogen functional groups attached to an aromatic ring is 1. The average Bonchev–Trinajstić information content (AvgIpc) is 2.12. The first-order valence-corrected chi connectivity index (χ1v) is 5.74. The molecule has 0 saturated heterocycles. The van der Waals surface area contributed by atoms with Crippen LogP contribution in [0.15, 0.2) is 18.2 Å². The number of hydrogen-bond acceptors (Lipinski definition) is 2. The molecule has 1 aromatic carbocycles. The first kappa shape index (κ1) is 10.3. The standard InChI is InChI=1S/C13H19NO/c1-10-5-6-13(12(14)9-10)15-8-7-11-3-2-4-11/h5-6,9,11H,2-4,7-8,14H2,1H3. The first-order chi connectivity index (χ1) is 7.25. The number of benzene rings is 1. The summed E-state index contributed by atoms with van der Waals surface area (Å²) in [6.45, 7) is 2.84. The minimum absolute atomic E-state index is 0.753. The minimum Gasteiger partial charge on any atom is -0.491 e. The van der Waals surface area contributed by atoms with Gasteiger partial charge < -0.3 is 10.5 Å². The third kappa shape index (κ3) is 2.65. The van der Waals surface area contributed by atoms with Crippen molar-refractivity contribution < 1.29 is 4.74 Å². The number of ether oxygens (including phenoxy) is 1. The van der Waals surface area contributed by atoms with Gasteiger partial charge in [0.15, 0.2) is 0 Å². The summed E-state index contributed by atoms with van der Waals surface area (Å²) in [4.78, 5) is 0. The van der Waals surface area contributed by atoms with Gasteiger partial charge in [-0.2, -0.15) is 0 Å². The van der Waals surface area contributed by atoms with E-state index in [-0.39, 0.29) is 0 Å². The van der Waals surface area contributed by atoms with Gasteiger partial charge in [-0.3, -0.25) is 0 Å². The summed E-state index contributed by atoms with van der Waals surface area (Å²) in [5.41, 5.74) is 7.79. The highest BCUT2D eigenvalue weighted by Crippen LogP contribution is 2.30. The first-order valence-electron chi connectivity index (χ1n) is 5.74. The van der Waals surface area contributed by atoms with Crippen LogP contribution < -0.4 is 10.5 Å². The van der Waals surface area contributed by atoms with Gasteiger partial charge in [-0.25, -0.2) is 0 Å². The normalized spacial score (nSPS) is 16.1. The van der Waals surface area contributed by atoms with E-state index in [0.29, 0.717) is 0 Å². The molecule has 2 N–H and O–H groups in total. The van der Waals surface area contributed by atoms with Crippen molar-refractivity contribution in [3.05, 3.63) is 23.8 Å². The fourth-order valence-electron chi connectivity index (χ4n) is 1.92. The van der Waals surface area contributed by atoms with Crippen LogP contribution in [0.1, 0.15) is 31.2 Å². The van der Waals surface area contributed by atoms with Crippen LogP contribution in [0.3, 0.4) is 0 Å². The molecule has 0 heterocycles. The Labute approximate surface area is 91.4 Å². The van der Waals surface area contributed by atoms with Crippen molar-refractivity contribution >= 4 is 5.69 Å². The van der Waals surface area contributed by atoms with E-state index in [4.69, 9.17) is 10.5 Å². The van der Waals surface area contributed by atoms with Gasteiger partial charge in [0.2, 0.25) is 0 Å². The van der Waals surface area contributed by atoms with Crippen LogP contribution in [0.25, 0.3) is 0 Å². The predicted octanol–water partition coefficient (Wildman–Crippen LogP) is 3.15. The number of aryl methyl sites for hydroxylation is 1. The molecular formula is C13H19NO. The SMILES string of the molecule is Cc1ccc(OCCC2CCC2)c(N)c1. The summed E-state index contributed by atoms with van der Waals surface area (Å²) in [5.74, 6) is 1.73. The van der Waals surface area contributed by atoms with Crippen molar-refractivity contribution in [3.63, 3.8) is 0 Å². The van der Waals surface area contributed by atoms with E-state index in [1.54, 1.807) is 0 Å². The van der Waals surface area contributed by atoms with Crippen LogP contribution >= 0.6 is 0 Å². The summed E-state index contributed by atoms with van der Waals surface area (Å²) < 4.78 is 5.67. The van der Waals surface area contributed by atoms with Crippen molar-refractivity contribution in [1.82, 2.24) is 0 Å². The number of nitrogens with two attached hydrogens (primary N) is 1. The van der Waals surface area contributed by atoms with Gasteiger partial charge in [0.05, 0.1) is 12.3 Å². The lowest BCUT2D eigenvalue weighted by Crippen LogP contribution is -2.14. The van der Waals surface area contributed by atoms with Gasteiger partial charge in [-0.05, 0) is 37.0 Å². The molecule has 0 spiro atoms. The third-order valence-corrected chi connectivity index (χ3v) is 3.17. The second kappa shape index (κ2) is 4.56. The molecule has 0 radical (unpaired) electrons. The quantitative estimate of drug-likeness (QED) is 0.766. The monoisotopic (exact) mass is 205 g/mol. The van der Waals surface area contributed by atoms with Gasteiger partial charge in [-0.15, -0.1) is 0 Å². The molecule has 1 aliphatic rings. The smallest absolute Gasteiger partial charge is 0.142 e. The van der Waals surface area contributed by atoms with Gasteiger partial charge in [0, 0.05) is 0 Å². The lowest BCUT2D eigenvalue weighted by molar-refractivity contribution is 0.222. The van der Waals surface area contributed by atoms with E-state index in [1.165, 1.54) is 31.2 Å². The fraction of sp³-hybridized carbons (Fsp3) is 0.538. The van der Waals surface area contributed by atoms with Crippen LogP contribution in [-0.4, -0.2) is 6.61 Å². The average molecular weight is 205 g/mol. The van der Waals surface area contributed by atoms with Crippen LogP contribution in [0, 0.1) is 12.8 Å². The van der Waals surface area contributed by atoms with E-state index in [9.17, 15) is 0 Å². The predicted molar refractivity (Wildman–Crippen MR) is 63.0 cm³/mol. The van der Waals surface area contributed by atoms with Gasteiger partial charge in [0.25, 0.3) is 0 Å². The Bertz CT molecular complexity index is 331. The Morgan fingerprint density at radius 2 is 2.20 bits per heavy atom. The van der Waals surface area contributed by atoms with E-state index in [2.05, 4.69) is 0 Å². The van der Waals surface area contributed by atoms with Crippen molar-refractivity contribution in [1.29, 1.82) is 0 Å². The lowest BCUT2D eigenvalue weighted by atomic mass is 9.83. The molecule has 15 heavy (non-hydrogen) atoms. The third-order valence-electron chi connectivity index (χ3n) is 3.17. The zero-order valence-corrected chi connectivity index (χ0v) is 9.33. The fourth-order valence-corrected chi connectivity index (χ4v) is 1.92. The summed E-state index contributed by atoms with van der Waals surface area (Å²) in [6.07, 6.45) is 5.34. The molecular weight excluding hydrogens is 186 g/mol. The van der Waals surface area contributed by atoms with Crippen LogP contribution in [0.5, 0.6) is 5.75 Å². The molecule has 2 nitrogen and oxygen atoms in total. The van der Waals surface area contributed by atoms with Crippen LogP contribution in [0.2, 0.25) is 0 Å². The molecule has 2 heteroatoms. The molecule has 1 aromatic rings. The second-order valence-electron chi connectivity index (χ2n) is 4.48. The van der Waals surface area contributed by atoms with E-state index in [0.717, 1.165) is 24.0 Å². The molecule has 2 rings (SSSR count). The van der Waals surface area contributed by atoms with Crippen molar-refractivity contribution in [2.24, 2.45) is 5.92 Å². The molecule has 0 unspecified atom stereocenters. The van der Waals surface area contributed by atoms with Crippen molar-refractivity contribution in [2.45, 2.75) is 32.6 Å². The Morgan fingerprint density at radius 1 is 1.40 bits per heavy atom. The van der Waals surface area contributed by atoms with E-state index in [1.807, 2.05) is 25.1 Å². The second-order valence-corrected chi connectivity index (χ2v) is 4.48. The molecule has 1 fully saturated rings. The van der Waals surface area contributed by atoms with Crippen LogP contribution in [0.4, 0.5) is 5.69 Å². The zero-order chi connectivity index (χ0) is 10.7. The summed E-state index contributed by atoms with van der Waals surface area (Å²) in [6, 6.07) is 5.96. The number of hydrogen-bond donors (Lipinski definition) is 1. The Hall–Kier alpha value is -1.18. The van der Waals surface area contributed by atoms with E-state index >= 15 is 0 Å². The van der Waals surface area contributed by atoms with Crippen molar-refractivity contribution in [2.75, 3.05) is 12.3 Å². The molecule has 1 aliphatic carbocycles. The molecule has 1 saturated carbocycles. The Balaban J connectivity index is 1.81. The molecule has 0 bridgehead atoms. The van der Waals surface area contributed by atoms with Crippen LogP contribution in [-0.2, 0) is 0 Å². The van der Waals surface area contributed by atoms with Gasteiger partial charge in [-0.1, -0.05) is 25.3 Å². The van der Waals surface area contributed by atoms with Gasteiger partial charge in [0.1, 0.15) is 5.75 Å². The maximum atomic E-state index is 5.86. The maximum Gasteiger partial charge on any atom is 0.142 e. The largest absolute Gasteiger partial charge is 0.491 e. The highest BCUT2D eigenvalue weighted by atomic mass is 16.5. The zero-order valence-electron chi connectivity index (χ0n) is 9.33. The van der Waals surface area contributed by atoms with Gasteiger partial charge >= 0.3 is 0 Å². The molecule has 82 valence electrons.